The Balaban J connectivity index is 2.97. The minimum atomic E-state index is 0.264. The highest BCUT2D eigenvalue weighted by atomic mass is 79.9. The van der Waals surface area contributed by atoms with Crippen LogP contribution in [0.2, 0.25) is 0 Å². The van der Waals surface area contributed by atoms with E-state index < -0.39 is 0 Å². The summed E-state index contributed by atoms with van der Waals surface area (Å²) in [7, 11) is 0. The Bertz CT molecular complexity index is 468. The molecule has 13 heavy (non-hydrogen) atoms. The lowest BCUT2D eigenvalue weighted by Crippen LogP contribution is -1.83. The number of aromatic hydroxyl groups is 1. The molecule has 1 aromatic heterocycles. The summed E-state index contributed by atoms with van der Waals surface area (Å²) in [5.74, 6) is 0.264. The molecule has 3 heteroatoms. The van der Waals surface area contributed by atoms with E-state index in [1.807, 2.05) is 19.1 Å². The van der Waals surface area contributed by atoms with Crippen LogP contribution in [0.3, 0.4) is 0 Å². The zero-order chi connectivity index (χ0) is 9.42. The van der Waals surface area contributed by atoms with Crippen LogP contribution in [0, 0.1) is 6.92 Å². The fraction of sp³-hybridized carbons (Fsp3) is 0.100. The van der Waals surface area contributed by atoms with E-state index in [0.717, 1.165) is 20.9 Å². The summed E-state index contributed by atoms with van der Waals surface area (Å²) >= 11 is 3.43. The summed E-state index contributed by atoms with van der Waals surface area (Å²) in [4.78, 5) is 4.15. The van der Waals surface area contributed by atoms with Crippen LogP contribution in [0.25, 0.3) is 10.9 Å². The largest absolute Gasteiger partial charge is 0.507 e. The molecular weight excluding hydrogens is 230 g/mol. The minimum absolute atomic E-state index is 0.264. The molecule has 0 atom stereocenters. The number of halogens is 1. The van der Waals surface area contributed by atoms with E-state index in [9.17, 15) is 5.11 Å². The van der Waals surface area contributed by atoms with Gasteiger partial charge in [-0.05, 0) is 40.5 Å². The van der Waals surface area contributed by atoms with Gasteiger partial charge in [-0.1, -0.05) is 6.07 Å². The molecular formula is C10H8BrNO. The molecule has 1 N–H and O–H groups in total. The van der Waals surface area contributed by atoms with Crippen molar-refractivity contribution in [3.63, 3.8) is 0 Å². The van der Waals surface area contributed by atoms with Crippen LogP contribution < -0.4 is 0 Å². The number of rotatable bonds is 0. The molecule has 0 bridgehead atoms. The van der Waals surface area contributed by atoms with Crippen LogP contribution in [0.1, 0.15) is 5.56 Å². The van der Waals surface area contributed by atoms with Crippen LogP contribution in [0.5, 0.6) is 5.75 Å². The lowest BCUT2D eigenvalue weighted by Gasteiger charge is -2.04. The predicted molar refractivity (Wildman–Crippen MR) is 55.8 cm³/mol. The molecule has 0 radical (unpaired) electrons. The van der Waals surface area contributed by atoms with E-state index in [-0.39, 0.29) is 5.75 Å². The van der Waals surface area contributed by atoms with E-state index >= 15 is 0 Å². The number of pyridine rings is 1. The van der Waals surface area contributed by atoms with Crippen molar-refractivity contribution in [1.29, 1.82) is 0 Å². The predicted octanol–water partition coefficient (Wildman–Crippen LogP) is 3.01. The first-order valence-corrected chi connectivity index (χ1v) is 4.72. The van der Waals surface area contributed by atoms with Crippen LogP contribution in [0.4, 0.5) is 0 Å². The third-order valence-corrected chi connectivity index (χ3v) is 3.04. The van der Waals surface area contributed by atoms with Crippen molar-refractivity contribution in [2.24, 2.45) is 0 Å². The molecule has 2 aromatic rings. The Morgan fingerprint density at radius 3 is 2.85 bits per heavy atom. The molecule has 1 heterocycles. The van der Waals surface area contributed by atoms with Gasteiger partial charge in [0, 0.05) is 10.7 Å². The van der Waals surface area contributed by atoms with Crippen LogP contribution in [-0.4, -0.2) is 10.1 Å². The van der Waals surface area contributed by atoms with Crippen LogP contribution >= 0.6 is 15.9 Å². The molecule has 0 saturated heterocycles. The molecule has 1 aromatic carbocycles. The maximum absolute atomic E-state index is 9.61. The van der Waals surface area contributed by atoms with Gasteiger partial charge in [0.1, 0.15) is 5.75 Å². The van der Waals surface area contributed by atoms with Crippen molar-refractivity contribution in [3.05, 3.63) is 34.4 Å². The fourth-order valence-electron chi connectivity index (χ4n) is 1.29. The molecule has 0 unspecified atom stereocenters. The first kappa shape index (κ1) is 8.51. The number of fused-ring (bicyclic) bond motifs is 1. The molecule has 0 fully saturated rings. The zero-order valence-electron chi connectivity index (χ0n) is 7.08. The third kappa shape index (κ3) is 1.29. The number of nitrogens with zero attached hydrogens (tertiary/aromatic N) is 1. The standard InChI is InChI=1S/C10H8BrNO/c1-6-2-3-7-9(10(6)11)8(13)4-5-12-7/h2-5H,1H3,(H,12,13). The Morgan fingerprint density at radius 2 is 2.08 bits per heavy atom. The zero-order valence-corrected chi connectivity index (χ0v) is 8.67. The average Bonchev–Trinajstić information content (AvgIpc) is 2.12. The summed E-state index contributed by atoms with van der Waals surface area (Å²) in [5.41, 5.74) is 1.90. The number of aryl methyl sites for hydroxylation is 1. The maximum atomic E-state index is 9.61. The van der Waals surface area contributed by atoms with Crippen LogP contribution in [0.15, 0.2) is 28.9 Å². The molecule has 66 valence electrons. The van der Waals surface area contributed by atoms with Gasteiger partial charge in [0.05, 0.1) is 10.9 Å². The van der Waals surface area contributed by atoms with Crippen molar-refractivity contribution in [2.45, 2.75) is 6.92 Å². The van der Waals surface area contributed by atoms with Gasteiger partial charge < -0.3 is 5.11 Å². The molecule has 0 aliphatic rings. The lowest BCUT2D eigenvalue weighted by molar-refractivity contribution is 0.481. The summed E-state index contributed by atoms with van der Waals surface area (Å²) in [6.07, 6.45) is 1.60. The fourth-order valence-corrected chi connectivity index (χ4v) is 1.83. The van der Waals surface area contributed by atoms with Gasteiger partial charge in [-0.25, -0.2) is 0 Å². The Hall–Kier alpha value is -1.09. The third-order valence-electron chi connectivity index (χ3n) is 2.02. The van der Waals surface area contributed by atoms with Crippen molar-refractivity contribution in [2.75, 3.05) is 0 Å². The molecule has 0 saturated carbocycles. The lowest BCUT2D eigenvalue weighted by atomic mass is 10.1. The highest BCUT2D eigenvalue weighted by Gasteiger charge is 2.06. The van der Waals surface area contributed by atoms with Gasteiger partial charge >= 0.3 is 0 Å². The number of hydrogen-bond acceptors (Lipinski definition) is 2. The van der Waals surface area contributed by atoms with Gasteiger partial charge in [-0.3, -0.25) is 4.98 Å². The quantitative estimate of drug-likeness (QED) is 0.765. The Morgan fingerprint density at radius 1 is 1.31 bits per heavy atom. The van der Waals surface area contributed by atoms with E-state index in [0.29, 0.717) is 0 Å². The maximum Gasteiger partial charge on any atom is 0.127 e. The molecule has 0 spiro atoms. The van der Waals surface area contributed by atoms with E-state index in [4.69, 9.17) is 0 Å². The van der Waals surface area contributed by atoms with Gasteiger partial charge in [0.2, 0.25) is 0 Å². The van der Waals surface area contributed by atoms with Gasteiger partial charge in [0.25, 0.3) is 0 Å². The van der Waals surface area contributed by atoms with E-state index in [2.05, 4.69) is 20.9 Å². The first-order valence-electron chi connectivity index (χ1n) is 3.93. The summed E-state index contributed by atoms with van der Waals surface area (Å²) in [6.45, 7) is 1.98. The van der Waals surface area contributed by atoms with Gasteiger partial charge in [-0.15, -0.1) is 0 Å². The molecule has 0 aliphatic carbocycles. The summed E-state index contributed by atoms with van der Waals surface area (Å²) < 4.78 is 0.913. The Kier molecular flexibility index (Phi) is 1.96. The second-order valence-corrected chi connectivity index (χ2v) is 3.71. The minimum Gasteiger partial charge on any atom is -0.507 e. The number of benzene rings is 1. The first-order chi connectivity index (χ1) is 6.20. The van der Waals surface area contributed by atoms with Crippen molar-refractivity contribution in [1.82, 2.24) is 4.98 Å². The normalized spacial score (nSPS) is 10.6. The van der Waals surface area contributed by atoms with Crippen molar-refractivity contribution < 1.29 is 5.11 Å². The van der Waals surface area contributed by atoms with Crippen molar-refractivity contribution >= 4 is 26.8 Å². The second-order valence-electron chi connectivity index (χ2n) is 2.92. The SMILES string of the molecule is Cc1ccc2nccc(O)c2c1Br. The summed E-state index contributed by atoms with van der Waals surface area (Å²) in [5, 5.41) is 10.4. The van der Waals surface area contributed by atoms with E-state index in [1.165, 1.54) is 0 Å². The molecule has 2 rings (SSSR count). The monoisotopic (exact) mass is 237 g/mol. The van der Waals surface area contributed by atoms with Gasteiger partial charge in [0.15, 0.2) is 0 Å². The summed E-state index contributed by atoms with van der Waals surface area (Å²) in [6, 6.07) is 5.46. The van der Waals surface area contributed by atoms with Gasteiger partial charge in [-0.2, -0.15) is 0 Å². The highest BCUT2D eigenvalue weighted by molar-refractivity contribution is 9.10. The topological polar surface area (TPSA) is 33.1 Å². The van der Waals surface area contributed by atoms with Crippen molar-refractivity contribution in [3.8, 4) is 5.75 Å². The average molecular weight is 238 g/mol. The highest BCUT2D eigenvalue weighted by Crippen LogP contribution is 2.32. The molecule has 0 amide bonds. The Labute approximate surface area is 84.4 Å². The smallest absolute Gasteiger partial charge is 0.127 e. The number of hydrogen-bond donors (Lipinski definition) is 1. The van der Waals surface area contributed by atoms with E-state index in [1.54, 1.807) is 12.3 Å². The molecule has 2 nitrogen and oxygen atoms in total. The van der Waals surface area contributed by atoms with Crippen LogP contribution in [-0.2, 0) is 0 Å². The number of aromatic nitrogens is 1. The molecule has 0 aliphatic heterocycles. The second kappa shape index (κ2) is 3.00.